The van der Waals surface area contributed by atoms with Gasteiger partial charge in [0.2, 0.25) is 10.0 Å². The lowest BCUT2D eigenvalue weighted by atomic mass is 10.0. The van der Waals surface area contributed by atoms with E-state index in [1.54, 1.807) is 24.3 Å². The van der Waals surface area contributed by atoms with Crippen LogP contribution in [-0.4, -0.2) is 81.1 Å². The Morgan fingerprint density at radius 1 is 1.05 bits per heavy atom. The van der Waals surface area contributed by atoms with Crippen molar-refractivity contribution in [1.29, 1.82) is 0 Å². The molecule has 3 aromatic heterocycles. The lowest BCUT2D eigenvalue weighted by molar-refractivity contribution is -0.140. The Hall–Kier alpha value is -3.62. The predicted octanol–water partition coefficient (Wildman–Crippen LogP) is 3.25. The van der Waals surface area contributed by atoms with Gasteiger partial charge < -0.3 is 5.32 Å². The molecule has 1 aliphatic heterocycles. The minimum atomic E-state index is -4.61. The van der Waals surface area contributed by atoms with E-state index in [0.717, 1.165) is 4.68 Å². The quantitative estimate of drug-likeness (QED) is 0.367. The van der Waals surface area contributed by atoms with Crippen LogP contribution in [0.1, 0.15) is 12.6 Å². The number of nitrogens with one attached hydrogen (secondary N) is 1. The molecular formula is C25H27F3N8O2S. The molecule has 1 fully saturated rings. The van der Waals surface area contributed by atoms with Crippen LogP contribution in [0.5, 0.6) is 0 Å². The summed E-state index contributed by atoms with van der Waals surface area (Å²) in [5.74, 6) is 0.504. The van der Waals surface area contributed by atoms with Crippen LogP contribution < -0.4 is 5.32 Å². The number of pyridine rings is 1. The van der Waals surface area contributed by atoms with Crippen molar-refractivity contribution < 1.29 is 21.6 Å². The maximum absolute atomic E-state index is 13.6. The molecular weight excluding hydrogens is 533 g/mol. The van der Waals surface area contributed by atoms with E-state index in [-0.39, 0.29) is 16.5 Å². The molecule has 1 atom stereocenters. The fourth-order valence-corrected chi connectivity index (χ4v) is 6.17. The molecule has 0 bridgehead atoms. The number of para-hydroxylation sites is 1. The van der Waals surface area contributed by atoms with Gasteiger partial charge in [-0.3, -0.25) is 14.6 Å². The Morgan fingerprint density at radius 2 is 1.82 bits per heavy atom. The highest BCUT2D eigenvalue weighted by molar-refractivity contribution is 7.89. The summed E-state index contributed by atoms with van der Waals surface area (Å²) < 4.78 is 69.2. The Morgan fingerprint density at radius 3 is 2.51 bits per heavy atom. The Balaban J connectivity index is 1.29. The van der Waals surface area contributed by atoms with Gasteiger partial charge in [0.05, 0.1) is 5.52 Å². The van der Waals surface area contributed by atoms with E-state index in [9.17, 15) is 21.6 Å². The molecule has 1 aliphatic rings. The van der Waals surface area contributed by atoms with Crippen LogP contribution in [0.15, 0.2) is 60.1 Å². The Labute approximate surface area is 223 Å². The molecule has 1 unspecified atom stereocenters. The van der Waals surface area contributed by atoms with Gasteiger partial charge in [0, 0.05) is 80.9 Å². The van der Waals surface area contributed by atoms with E-state index in [2.05, 4.69) is 30.3 Å². The predicted molar refractivity (Wildman–Crippen MR) is 139 cm³/mol. The first kappa shape index (κ1) is 27.0. The number of aryl methyl sites for hydroxylation is 1. The van der Waals surface area contributed by atoms with Gasteiger partial charge in [0.25, 0.3) is 0 Å². The molecule has 206 valence electrons. The smallest absolute Gasteiger partial charge is 0.366 e. The number of halogens is 3. The van der Waals surface area contributed by atoms with Crippen LogP contribution in [-0.2, 0) is 23.2 Å². The third-order valence-electron chi connectivity index (χ3n) is 6.57. The van der Waals surface area contributed by atoms with Crippen LogP contribution in [0.2, 0.25) is 0 Å². The Bertz CT molecular complexity index is 1570. The summed E-state index contributed by atoms with van der Waals surface area (Å²) in [6.07, 6.45) is 0.938. The van der Waals surface area contributed by atoms with E-state index < -0.39 is 21.9 Å². The topological polar surface area (TPSA) is 109 Å². The van der Waals surface area contributed by atoms with Crippen molar-refractivity contribution in [3.05, 3.63) is 60.9 Å². The minimum Gasteiger partial charge on any atom is -0.366 e. The van der Waals surface area contributed by atoms with Crippen LogP contribution in [0.4, 0.5) is 19.0 Å². The number of piperazine rings is 1. The number of nitrogens with zero attached hydrogens (tertiary/aromatic N) is 7. The molecule has 39 heavy (non-hydrogen) atoms. The second kappa shape index (κ2) is 10.5. The van der Waals surface area contributed by atoms with Crippen molar-refractivity contribution in [3.8, 4) is 11.1 Å². The number of benzene rings is 1. The van der Waals surface area contributed by atoms with Gasteiger partial charge in [-0.05, 0) is 25.1 Å². The molecule has 0 radical (unpaired) electrons. The van der Waals surface area contributed by atoms with Crippen molar-refractivity contribution in [2.45, 2.75) is 24.0 Å². The number of fused-ring (bicyclic) bond motifs is 1. The molecule has 0 aliphatic carbocycles. The van der Waals surface area contributed by atoms with Crippen LogP contribution in [0.25, 0.3) is 22.0 Å². The third-order valence-corrected chi connectivity index (χ3v) is 8.45. The molecule has 0 saturated carbocycles. The zero-order chi connectivity index (χ0) is 27.8. The second-order valence-electron chi connectivity index (χ2n) is 9.43. The van der Waals surface area contributed by atoms with Crippen LogP contribution in [0, 0.1) is 0 Å². The Kier molecular flexibility index (Phi) is 7.27. The average Bonchev–Trinajstić information content (AvgIpc) is 3.31. The maximum atomic E-state index is 13.6. The fourth-order valence-electron chi connectivity index (χ4n) is 4.78. The van der Waals surface area contributed by atoms with Gasteiger partial charge in [-0.15, -0.1) is 0 Å². The van der Waals surface area contributed by atoms with E-state index in [0.29, 0.717) is 55.0 Å². The second-order valence-corrected chi connectivity index (χ2v) is 11.4. The molecule has 5 rings (SSSR count). The normalized spacial score (nSPS) is 16.4. The maximum Gasteiger partial charge on any atom is 0.435 e. The first-order chi connectivity index (χ1) is 18.5. The van der Waals surface area contributed by atoms with Gasteiger partial charge in [-0.1, -0.05) is 12.1 Å². The monoisotopic (exact) mass is 560 g/mol. The van der Waals surface area contributed by atoms with Gasteiger partial charge in [0.1, 0.15) is 17.0 Å². The number of hydrogen-bond acceptors (Lipinski definition) is 8. The summed E-state index contributed by atoms with van der Waals surface area (Å²) in [5.41, 5.74) is -0.317. The lowest BCUT2D eigenvalue weighted by Crippen LogP contribution is -2.50. The van der Waals surface area contributed by atoms with E-state index in [1.807, 2.05) is 6.92 Å². The SMILES string of the molecule is CC(CN1CCN(S(=O)(=O)c2cccnc2)CC1)Nc1ncnc2c(-c3cn(C)nc3C(F)(F)F)cccc12. The van der Waals surface area contributed by atoms with Crippen LogP contribution >= 0.6 is 0 Å². The molecule has 1 aromatic carbocycles. The molecule has 4 heterocycles. The van der Waals surface area contributed by atoms with Crippen molar-refractivity contribution in [2.75, 3.05) is 38.0 Å². The van der Waals surface area contributed by atoms with Crippen molar-refractivity contribution in [2.24, 2.45) is 7.05 Å². The summed E-state index contributed by atoms with van der Waals surface area (Å²) in [5, 5.41) is 7.56. The van der Waals surface area contributed by atoms with Gasteiger partial charge in [-0.25, -0.2) is 18.4 Å². The number of hydrogen-bond donors (Lipinski definition) is 1. The number of rotatable bonds is 7. The summed E-state index contributed by atoms with van der Waals surface area (Å²) in [7, 11) is -2.14. The highest BCUT2D eigenvalue weighted by Gasteiger charge is 2.38. The lowest BCUT2D eigenvalue weighted by Gasteiger charge is -2.35. The third kappa shape index (κ3) is 5.58. The van der Waals surface area contributed by atoms with Crippen molar-refractivity contribution >= 4 is 26.7 Å². The van der Waals surface area contributed by atoms with Crippen molar-refractivity contribution in [1.82, 2.24) is 33.9 Å². The molecule has 0 spiro atoms. The molecule has 4 aromatic rings. The zero-order valence-electron chi connectivity index (χ0n) is 21.3. The zero-order valence-corrected chi connectivity index (χ0v) is 22.1. The summed E-state index contributed by atoms with van der Waals surface area (Å²) >= 11 is 0. The van der Waals surface area contributed by atoms with Gasteiger partial charge >= 0.3 is 6.18 Å². The molecule has 14 heteroatoms. The van der Waals surface area contributed by atoms with E-state index in [1.165, 1.54) is 42.3 Å². The highest BCUT2D eigenvalue weighted by atomic mass is 32.2. The van der Waals surface area contributed by atoms with Crippen molar-refractivity contribution in [3.63, 3.8) is 0 Å². The fraction of sp³-hybridized carbons (Fsp3) is 0.360. The number of sulfonamides is 1. The number of alkyl halides is 3. The van der Waals surface area contributed by atoms with E-state index >= 15 is 0 Å². The average molecular weight is 561 g/mol. The minimum absolute atomic E-state index is 0.0487. The first-order valence-electron chi connectivity index (χ1n) is 12.3. The van der Waals surface area contributed by atoms with E-state index in [4.69, 9.17) is 0 Å². The standard InChI is InChI=1S/C25H27F3N8O2S/c1-17(14-35-9-11-36(12-10-35)39(37,38)18-5-4-8-29-13-18)32-24-20-7-3-6-19(22(20)30-16-31-24)21-15-34(2)33-23(21)25(26,27)28/h3-8,13,15-17H,9-12,14H2,1-2H3,(H,30,31,32). The molecule has 10 nitrogen and oxygen atoms in total. The highest BCUT2D eigenvalue weighted by Crippen LogP contribution is 2.38. The molecule has 0 amide bonds. The molecule has 1 saturated heterocycles. The van der Waals surface area contributed by atoms with Gasteiger partial charge in [-0.2, -0.15) is 22.6 Å². The summed E-state index contributed by atoms with van der Waals surface area (Å²) in [4.78, 5) is 14.9. The number of anilines is 1. The van der Waals surface area contributed by atoms with Gasteiger partial charge in [0.15, 0.2) is 5.69 Å². The summed E-state index contributed by atoms with van der Waals surface area (Å²) in [6, 6.07) is 8.08. The first-order valence-corrected chi connectivity index (χ1v) is 13.7. The number of aromatic nitrogens is 5. The largest absolute Gasteiger partial charge is 0.435 e. The molecule has 1 N–H and O–H groups in total. The summed E-state index contributed by atoms with van der Waals surface area (Å²) in [6.45, 7) is 4.42. The van der Waals surface area contributed by atoms with Crippen LogP contribution in [0.3, 0.4) is 0 Å².